The Bertz CT molecular complexity index is 7150. The molecule has 16 rings (SSSR count). The van der Waals surface area contributed by atoms with Crippen molar-refractivity contribution in [1.82, 2.24) is 40.2 Å². The van der Waals surface area contributed by atoms with Gasteiger partial charge in [-0.05, 0) is 161 Å². The summed E-state index contributed by atoms with van der Waals surface area (Å²) >= 11 is 10.3. The maximum atomic E-state index is 13.5. The topological polar surface area (TPSA) is 456 Å². The molecule has 36 nitrogen and oxygen atoms in total. The molecule has 0 aliphatic carbocycles. The standard InChI is InChI=1S/C25H24ClN3O6S.C24H22BrN3O6S.C24H21F2N3O6S.C23H23N3O6S2/c1-16-19(26)9-6-10-23(16)36(32,33)28-25(31)27-20(13-17-7-4-3-5-8-17)24(30)29(2)18-11-12-21-22(14-18)35-15-34-21;1-28(17-11-12-20-21(14-17)34-15-33-20)23(29)19(13-16-7-3-2-4-8-16)26-24(30)27-35(31,32)22-10-6-5-9-18(22)25;1-29(16-7-10-21-22(12-16)35-14-34-21)23(30)20(11-15-5-3-2-4-6-15)27-24(31)28-36(32,33)17-8-9-18(25)19(26)13-17;1-15-8-11-21(33-15)34(29,30)25-23(28)24-18(12-16-6-4-3-5-7-16)22(27)26(2)17-9-10-19-20(13-17)32-14-31-19/h3-12,14,20H,13,15H2,1-2H3,(H2,27,28,31);2-12,14,19H,13,15H2,1H3,(H2,26,27,30);2-10,12-13,20H,11,14H2,1H3,(H2,27,28,31);3-11,13,18H,12,14H2,1-2H3,(H2,24,25,28)/t20-;19-;20-;18-/m0000/s1. The van der Waals surface area contributed by atoms with E-state index in [9.17, 15) is 80.8 Å². The van der Waals surface area contributed by atoms with Crippen LogP contribution in [0.2, 0.25) is 5.02 Å². The van der Waals surface area contributed by atoms with E-state index in [0.29, 0.717) is 96.5 Å². The SMILES string of the molecule is CN(C(=O)[C@H](Cc1ccccc1)NC(=O)NS(=O)(=O)c1ccc(F)c(F)c1)c1ccc2c(c1)OCO2.CN(C(=O)[C@H](Cc1ccccc1)NC(=O)NS(=O)(=O)c1ccccc1Br)c1ccc2c(c1)OCO2.Cc1c(Cl)cccc1S(=O)(=O)NC(=O)N[C@@H](Cc1ccccc1)C(=O)N(C)c1ccc2c(c1)OCO2.Cc1ccc(S(=O)(=O)NC(=O)N[C@@H](Cc2ccccc2)C(=O)N(C)c2ccc3c(c2)OCO3)s1. The lowest BCUT2D eigenvalue weighted by Gasteiger charge is -2.25. The average Bonchev–Trinajstić information content (AvgIpc) is 1.77. The zero-order chi connectivity index (χ0) is 101. The molecule has 5 heterocycles. The summed E-state index contributed by atoms with van der Waals surface area (Å²) in [4.78, 5) is 110. The van der Waals surface area contributed by atoms with E-state index in [0.717, 1.165) is 39.0 Å². The van der Waals surface area contributed by atoms with Crippen molar-refractivity contribution in [3.63, 3.8) is 0 Å². The fraction of sp³-hybridized carbons (Fsp3) is 0.188. The van der Waals surface area contributed by atoms with Gasteiger partial charge in [0.2, 0.25) is 50.8 Å². The maximum absolute atomic E-state index is 13.5. The van der Waals surface area contributed by atoms with Crippen LogP contribution in [0, 0.1) is 25.5 Å². The summed E-state index contributed by atoms with van der Waals surface area (Å²) in [5.41, 5.74) is 5.43. The number of amides is 12. The number of halogens is 4. The van der Waals surface area contributed by atoms with Crippen LogP contribution in [0.3, 0.4) is 0 Å². The van der Waals surface area contributed by atoms with Crippen LogP contribution < -0.4 is 97.7 Å². The summed E-state index contributed by atoms with van der Waals surface area (Å²) in [7, 11) is -10.8. The van der Waals surface area contributed by atoms with Gasteiger partial charge < -0.3 is 78.8 Å². The van der Waals surface area contributed by atoms with Gasteiger partial charge in [-0.2, -0.15) is 0 Å². The van der Waals surface area contributed by atoms with Crippen LogP contribution in [-0.4, -0.2) is 161 Å². The number of nitrogens with one attached hydrogen (secondary N) is 8. The van der Waals surface area contributed by atoms with Crippen LogP contribution in [0.4, 0.5) is 50.7 Å². The third-order valence-electron chi connectivity index (χ3n) is 21.6. The van der Waals surface area contributed by atoms with E-state index in [1.54, 1.807) is 166 Å². The Balaban J connectivity index is 0.000000158. The molecule has 4 aliphatic rings. The van der Waals surface area contributed by atoms with E-state index >= 15 is 0 Å². The van der Waals surface area contributed by atoms with Crippen molar-refractivity contribution < 1.29 is 119 Å². The van der Waals surface area contributed by atoms with Crippen molar-refractivity contribution in [2.75, 3.05) is 75.0 Å². The predicted octanol–water partition coefficient (Wildman–Crippen LogP) is 13.1. The molecular formula is C96H90BrClF2N12O24S5. The van der Waals surface area contributed by atoms with Crippen molar-refractivity contribution in [2.45, 2.75) is 82.6 Å². The van der Waals surface area contributed by atoms with E-state index in [1.165, 1.54) is 57.8 Å². The maximum Gasteiger partial charge on any atom is 0.329 e. The number of rotatable bonds is 28. The number of nitrogens with zero attached hydrogens (tertiary/aromatic N) is 4. The van der Waals surface area contributed by atoms with Gasteiger partial charge in [0, 0.05) is 115 Å². The number of urea groups is 4. The minimum Gasteiger partial charge on any atom is -0.454 e. The molecule has 0 bridgehead atoms. The summed E-state index contributed by atoms with van der Waals surface area (Å²) in [6.45, 7) is 3.66. The molecule has 11 aromatic carbocycles. The Kier molecular flexibility index (Phi) is 33.8. The van der Waals surface area contributed by atoms with Crippen LogP contribution in [0.15, 0.2) is 290 Å². The van der Waals surface area contributed by atoms with Gasteiger partial charge >= 0.3 is 24.1 Å². The number of hydrogen-bond donors (Lipinski definition) is 8. The van der Waals surface area contributed by atoms with E-state index in [4.69, 9.17) is 49.5 Å². The summed E-state index contributed by atoms with van der Waals surface area (Å²) in [6.07, 6.45) is 0.503. The Labute approximate surface area is 826 Å². The normalized spacial score (nSPS) is 13.1. The Morgan fingerprint density at radius 1 is 0.340 bits per heavy atom. The number of thiophene rings is 1. The van der Waals surface area contributed by atoms with E-state index in [-0.39, 0.29) is 71.9 Å². The third-order valence-corrected chi connectivity index (χ3v) is 29.9. The lowest BCUT2D eigenvalue weighted by Crippen LogP contribution is -2.52. The van der Waals surface area contributed by atoms with Gasteiger partial charge in [0.05, 0.1) is 9.79 Å². The summed E-state index contributed by atoms with van der Waals surface area (Å²) in [5, 5.41) is 10.2. The first-order valence-electron chi connectivity index (χ1n) is 42.5. The first kappa shape index (κ1) is 103. The second kappa shape index (κ2) is 46.1. The highest BCUT2D eigenvalue weighted by molar-refractivity contribution is 9.10. The summed E-state index contributed by atoms with van der Waals surface area (Å²) in [5.74, 6) is -0.269. The highest BCUT2D eigenvalue weighted by atomic mass is 79.9. The molecule has 12 amide bonds. The van der Waals surface area contributed by atoms with Crippen LogP contribution in [0.25, 0.3) is 0 Å². The number of sulfonamides is 4. The smallest absolute Gasteiger partial charge is 0.329 e. The van der Waals surface area contributed by atoms with Gasteiger partial charge in [-0.1, -0.05) is 151 Å². The quantitative estimate of drug-likeness (QED) is 0.0226. The average molecular weight is 2110 g/mol. The monoisotopic (exact) mass is 2110 g/mol. The first-order chi connectivity index (χ1) is 67.3. The molecule has 1 aromatic heterocycles. The highest BCUT2D eigenvalue weighted by Gasteiger charge is 2.36. The van der Waals surface area contributed by atoms with E-state index in [2.05, 4.69) is 37.2 Å². The minimum atomic E-state index is -4.55. The zero-order valence-electron chi connectivity index (χ0n) is 75.5. The third kappa shape index (κ3) is 27.1. The molecule has 0 saturated heterocycles. The predicted molar refractivity (Wildman–Crippen MR) is 521 cm³/mol. The number of hydrogen-bond acceptors (Lipinski definition) is 25. The number of benzene rings is 11. The van der Waals surface area contributed by atoms with Gasteiger partial charge in [-0.15, -0.1) is 11.3 Å². The number of carbonyl (C=O) groups excluding carboxylic acids is 8. The summed E-state index contributed by atoms with van der Waals surface area (Å²) in [6, 6.07) is 63.0. The molecule has 0 spiro atoms. The Morgan fingerprint density at radius 3 is 0.957 bits per heavy atom. The summed E-state index contributed by atoms with van der Waals surface area (Å²) < 4.78 is 179. The molecule has 0 radical (unpaired) electrons. The van der Waals surface area contributed by atoms with Gasteiger partial charge in [-0.3, -0.25) is 19.2 Å². The van der Waals surface area contributed by atoms with Gasteiger partial charge in [0.15, 0.2) is 57.6 Å². The van der Waals surface area contributed by atoms with E-state index < -0.39 is 129 Å². The fourth-order valence-electron chi connectivity index (χ4n) is 14.2. The first-order valence-corrected chi connectivity index (χ1v) is 50.4. The highest BCUT2D eigenvalue weighted by Crippen LogP contribution is 2.40. The van der Waals surface area contributed by atoms with Crippen molar-refractivity contribution in [3.8, 4) is 46.0 Å². The Morgan fingerprint density at radius 2 is 0.638 bits per heavy atom. The molecule has 45 heteroatoms. The molecule has 0 fully saturated rings. The molecule has 12 aromatic rings. The molecular weight excluding hydrogens is 2020 g/mol. The van der Waals surface area contributed by atoms with Gasteiger partial charge in [0.25, 0.3) is 40.1 Å². The number of aryl methyl sites for hydroxylation is 1. The molecule has 0 unspecified atom stereocenters. The second-order valence-corrected chi connectivity index (χ2v) is 40.7. The van der Waals surface area contributed by atoms with Crippen LogP contribution >= 0.6 is 38.9 Å². The minimum absolute atomic E-state index is 0.0172. The number of anilines is 4. The lowest BCUT2D eigenvalue weighted by molar-refractivity contribution is -0.120. The molecule has 4 atom stereocenters. The van der Waals surface area contributed by atoms with Crippen LogP contribution in [0.1, 0.15) is 32.7 Å². The van der Waals surface area contributed by atoms with Crippen molar-refractivity contribution in [1.29, 1.82) is 0 Å². The van der Waals surface area contributed by atoms with Gasteiger partial charge in [0.1, 0.15) is 33.3 Å². The lowest BCUT2D eigenvalue weighted by atomic mass is 10.0. The van der Waals surface area contributed by atoms with E-state index in [1.807, 2.05) is 105 Å². The largest absolute Gasteiger partial charge is 0.454 e. The number of ether oxygens (including phenoxy) is 8. The fourth-order valence-corrected chi connectivity index (χ4v) is 20.7. The van der Waals surface area contributed by atoms with Crippen LogP contribution in [0.5, 0.6) is 46.0 Å². The second-order valence-electron chi connectivity index (χ2n) is 31.3. The van der Waals surface area contributed by atoms with Crippen LogP contribution in [-0.2, 0) is 85.0 Å². The molecule has 4 aliphatic heterocycles. The molecule has 736 valence electrons. The number of carbonyl (C=O) groups is 8. The Hall–Kier alpha value is -15.1. The molecule has 141 heavy (non-hydrogen) atoms. The number of likely N-dealkylation sites (N-methyl/N-ethyl adjacent to an activating group) is 4. The van der Waals surface area contributed by atoms with Gasteiger partial charge in [-0.25, -0.2) is 80.5 Å². The molecule has 8 N–H and O–H groups in total. The zero-order valence-corrected chi connectivity index (χ0v) is 81.9. The molecule has 0 saturated carbocycles. The van der Waals surface area contributed by atoms with Crippen molar-refractivity contribution in [3.05, 3.63) is 321 Å². The van der Waals surface area contributed by atoms with Crippen molar-refractivity contribution in [2.24, 2.45) is 0 Å². The number of fused-ring (bicyclic) bond motifs is 4. The van der Waals surface area contributed by atoms with Crippen molar-refractivity contribution >= 4 is 149 Å².